The van der Waals surface area contributed by atoms with Crippen LogP contribution >= 0.6 is 31.9 Å². The molecule has 0 spiro atoms. The number of nitrogens with zero attached hydrogens (tertiary/aromatic N) is 2. The first-order valence-corrected chi connectivity index (χ1v) is 33.1. The second-order valence-corrected chi connectivity index (χ2v) is 30.0. The zero-order chi connectivity index (χ0) is 55.6. The first kappa shape index (κ1) is 52.6. The van der Waals surface area contributed by atoms with Gasteiger partial charge in [-0.1, -0.05) is 238 Å². The maximum Gasteiger partial charge on any atom is 0.179 e. The largest absolute Gasteiger partial charge is 0.497 e. The van der Waals surface area contributed by atoms with Gasteiger partial charge in [0.05, 0.1) is 36.3 Å². The molecule has 0 aliphatic carbocycles. The van der Waals surface area contributed by atoms with Crippen LogP contribution in [0.25, 0.3) is 55.0 Å². The number of rotatable bonds is 12. The molecule has 0 unspecified atom stereocenters. The van der Waals surface area contributed by atoms with Crippen molar-refractivity contribution in [3.8, 4) is 22.9 Å². The second kappa shape index (κ2) is 22.6. The third kappa shape index (κ3) is 9.22. The van der Waals surface area contributed by atoms with E-state index in [0.29, 0.717) is 0 Å². The van der Waals surface area contributed by atoms with Crippen LogP contribution in [0.3, 0.4) is 0 Å². The minimum absolute atomic E-state index is 0.841. The van der Waals surface area contributed by atoms with Gasteiger partial charge >= 0.3 is 0 Å². The molecule has 0 aliphatic rings. The predicted octanol–water partition coefficient (Wildman–Crippen LogP) is 13.9. The van der Waals surface area contributed by atoms with E-state index in [0.717, 1.165) is 31.8 Å². The van der Waals surface area contributed by atoms with Gasteiger partial charge in [0.15, 0.2) is 16.1 Å². The maximum absolute atomic E-state index is 5.62. The summed E-state index contributed by atoms with van der Waals surface area (Å²) in [6.45, 7) is 0. The molecule has 2 heterocycles. The standard InChI is InChI=1S/C55H43NOSi2.C19H13Br2NO/c1-57-43-34-32-42(33-35-43)56-54-38-36-50(58(44-20-8-2-9-21-44,45-22-10-3-11-23-45)46-24-12-4-13-25-46)40-52(54)53-41-51(37-39-55(53)56)59(47-26-14-5-15-27-47,48-28-16-6-17-29-48)49-30-18-7-19-31-49;1-23-15-6-4-14(5-7-15)22-18-8-2-12(20)10-16(18)17-11-13(21)3-9-19(17)22/h2-41H,1H3;2-11H,1H3. The Morgan fingerprint density at radius 2 is 0.500 bits per heavy atom. The van der Waals surface area contributed by atoms with Gasteiger partial charge in [-0.2, -0.15) is 0 Å². The lowest BCUT2D eigenvalue weighted by molar-refractivity contribution is 0.414. The molecule has 396 valence electrons. The Kier molecular flexibility index (Phi) is 14.5. The van der Waals surface area contributed by atoms with E-state index in [1.807, 2.05) is 12.1 Å². The highest BCUT2D eigenvalue weighted by atomic mass is 79.9. The molecule has 0 aliphatic heterocycles. The minimum atomic E-state index is -2.81. The monoisotopic (exact) mass is 1220 g/mol. The fourth-order valence-electron chi connectivity index (χ4n) is 12.6. The number of halogens is 2. The van der Waals surface area contributed by atoms with Crippen LogP contribution < -0.4 is 51.0 Å². The van der Waals surface area contributed by atoms with Gasteiger partial charge in [0.25, 0.3) is 0 Å². The molecule has 0 N–H and O–H groups in total. The quantitative estimate of drug-likeness (QED) is 0.0901. The summed E-state index contributed by atoms with van der Waals surface area (Å²) in [5, 5.41) is 15.8. The van der Waals surface area contributed by atoms with E-state index in [1.165, 1.54) is 85.1 Å². The summed E-state index contributed by atoms with van der Waals surface area (Å²) in [6, 6.07) is 111. The molecule has 0 saturated heterocycles. The smallest absolute Gasteiger partial charge is 0.179 e. The molecule has 8 heteroatoms. The number of hydrogen-bond acceptors (Lipinski definition) is 2. The topological polar surface area (TPSA) is 28.3 Å². The molecule has 82 heavy (non-hydrogen) atoms. The molecule has 4 nitrogen and oxygen atoms in total. The fourth-order valence-corrected chi connectivity index (χ4v) is 22.9. The summed E-state index contributed by atoms with van der Waals surface area (Å²) in [4.78, 5) is 0. The normalized spacial score (nSPS) is 11.7. The molecular formula is C74H56Br2N2O2Si2. The van der Waals surface area contributed by atoms with Crippen LogP contribution in [-0.2, 0) is 0 Å². The second-order valence-electron chi connectivity index (χ2n) is 20.5. The van der Waals surface area contributed by atoms with Gasteiger partial charge in [0.2, 0.25) is 0 Å². The zero-order valence-corrected chi connectivity index (χ0v) is 50.5. The van der Waals surface area contributed by atoms with Gasteiger partial charge in [0, 0.05) is 41.9 Å². The summed E-state index contributed by atoms with van der Waals surface area (Å²) in [5.74, 6) is 1.70. The molecule has 14 rings (SSSR count). The molecule has 2 aromatic heterocycles. The van der Waals surface area contributed by atoms with E-state index >= 15 is 0 Å². The average molecular weight is 1220 g/mol. The molecule has 0 amide bonds. The van der Waals surface area contributed by atoms with Gasteiger partial charge < -0.3 is 18.6 Å². The molecule has 14 aromatic rings. The van der Waals surface area contributed by atoms with Crippen molar-refractivity contribution in [2.75, 3.05) is 14.2 Å². The van der Waals surface area contributed by atoms with Crippen molar-refractivity contribution >= 4 is 133 Å². The Morgan fingerprint density at radius 1 is 0.256 bits per heavy atom. The van der Waals surface area contributed by atoms with Gasteiger partial charge in [-0.05, 0) is 139 Å². The van der Waals surface area contributed by atoms with Crippen LogP contribution in [0, 0.1) is 0 Å². The number of aromatic nitrogens is 2. The average Bonchev–Trinajstić information content (AvgIpc) is 4.22. The molecule has 12 aromatic carbocycles. The summed E-state index contributed by atoms with van der Waals surface area (Å²) in [7, 11) is -2.21. The Morgan fingerprint density at radius 3 is 0.756 bits per heavy atom. The number of fused-ring (bicyclic) bond motifs is 6. The molecule has 0 saturated carbocycles. The van der Waals surface area contributed by atoms with Crippen molar-refractivity contribution < 1.29 is 9.47 Å². The third-order valence-corrected chi connectivity index (χ3v) is 26.8. The minimum Gasteiger partial charge on any atom is -0.497 e. The summed E-state index contributed by atoms with van der Waals surface area (Å²) in [5.41, 5.74) is 6.94. The van der Waals surface area contributed by atoms with Crippen molar-refractivity contribution in [3.05, 3.63) is 312 Å². The van der Waals surface area contributed by atoms with Crippen molar-refractivity contribution in [3.63, 3.8) is 0 Å². The predicted molar refractivity (Wildman–Crippen MR) is 357 cm³/mol. The Balaban J connectivity index is 0.000000228. The summed E-state index contributed by atoms with van der Waals surface area (Å²) in [6.07, 6.45) is 0. The van der Waals surface area contributed by atoms with Crippen LogP contribution in [-0.4, -0.2) is 39.5 Å². The molecule has 0 bridgehead atoms. The lowest BCUT2D eigenvalue weighted by Gasteiger charge is -2.34. The number of ether oxygens (including phenoxy) is 2. The van der Waals surface area contributed by atoms with E-state index < -0.39 is 16.1 Å². The van der Waals surface area contributed by atoms with Crippen molar-refractivity contribution in [2.45, 2.75) is 0 Å². The number of benzene rings is 12. The van der Waals surface area contributed by atoms with Gasteiger partial charge in [-0.3, -0.25) is 0 Å². The van der Waals surface area contributed by atoms with Crippen molar-refractivity contribution in [1.82, 2.24) is 9.13 Å². The highest BCUT2D eigenvalue weighted by molar-refractivity contribution is 9.10. The third-order valence-electron chi connectivity index (χ3n) is 16.2. The lowest BCUT2D eigenvalue weighted by Crippen LogP contribution is -2.74. The summed E-state index contributed by atoms with van der Waals surface area (Å²) >= 11 is 7.17. The van der Waals surface area contributed by atoms with E-state index in [9.17, 15) is 0 Å². The van der Waals surface area contributed by atoms with Gasteiger partial charge in [-0.15, -0.1) is 0 Å². The van der Waals surface area contributed by atoms with Crippen LogP contribution in [0.15, 0.2) is 312 Å². The Labute approximate surface area is 497 Å². The maximum atomic E-state index is 5.62. The zero-order valence-electron chi connectivity index (χ0n) is 45.3. The van der Waals surface area contributed by atoms with E-state index in [2.05, 4.69) is 332 Å². The van der Waals surface area contributed by atoms with E-state index in [4.69, 9.17) is 9.47 Å². The van der Waals surface area contributed by atoms with Crippen LogP contribution in [0.1, 0.15) is 0 Å². The van der Waals surface area contributed by atoms with Gasteiger partial charge in [-0.25, -0.2) is 0 Å². The molecule has 0 fully saturated rings. The van der Waals surface area contributed by atoms with Gasteiger partial charge in [0.1, 0.15) is 11.5 Å². The van der Waals surface area contributed by atoms with Crippen LogP contribution in [0.4, 0.5) is 0 Å². The first-order chi connectivity index (χ1) is 40.4. The highest BCUT2D eigenvalue weighted by Gasteiger charge is 2.43. The van der Waals surface area contributed by atoms with Crippen molar-refractivity contribution in [1.29, 1.82) is 0 Å². The van der Waals surface area contributed by atoms with Crippen LogP contribution in [0.5, 0.6) is 11.5 Å². The fraction of sp³-hybridized carbons (Fsp3) is 0.0270. The number of hydrogen-bond donors (Lipinski definition) is 0. The summed E-state index contributed by atoms with van der Waals surface area (Å²) < 4.78 is 17.8. The molecular weight excluding hydrogens is 1160 g/mol. The molecule has 0 radical (unpaired) electrons. The molecule has 0 atom stereocenters. The van der Waals surface area contributed by atoms with Crippen molar-refractivity contribution in [2.24, 2.45) is 0 Å². The van der Waals surface area contributed by atoms with E-state index in [-0.39, 0.29) is 0 Å². The lowest BCUT2D eigenvalue weighted by atomic mass is 10.1. The Bertz CT molecular complexity index is 4090. The van der Waals surface area contributed by atoms with Crippen LogP contribution in [0.2, 0.25) is 0 Å². The highest BCUT2D eigenvalue weighted by Crippen LogP contribution is 2.36. The number of methoxy groups -OCH3 is 2. The first-order valence-electron chi connectivity index (χ1n) is 27.5. The SMILES string of the molecule is COc1ccc(-n2c3ccc(Br)cc3c3cc(Br)ccc32)cc1.COc1ccc(-n2c3ccc([Si](c4ccccc4)(c4ccccc4)c4ccccc4)cc3c3cc([Si](c4ccccc4)(c4ccccc4)c4ccccc4)ccc32)cc1. The Hall–Kier alpha value is -8.77. The van der Waals surface area contributed by atoms with E-state index in [1.54, 1.807) is 14.2 Å².